The van der Waals surface area contributed by atoms with Gasteiger partial charge >= 0.3 is 0 Å². The van der Waals surface area contributed by atoms with Crippen LogP contribution in [-0.4, -0.2) is 56.5 Å². The van der Waals surface area contributed by atoms with Gasteiger partial charge in [0.1, 0.15) is 5.75 Å². The number of carbonyl (C=O) groups is 2. The van der Waals surface area contributed by atoms with E-state index in [9.17, 15) is 30.0 Å². The molecule has 0 unspecified atom stereocenters. The number of imide groups is 1. The van der Waals surface area contributed by atoms with E-state index in [-0.39, 0.29) is 24.5 Å². The molecule has 2 aliphatic rings. The average molecular weight is 711 g/mol. The number of halogens is 1. The number of hydrogen-bond donors (Lipinski definition) is 5. The van der Waals surface area contributed by atoms with Crippen molar-refractivity contribution in [2.75, 3.05) is 23.4 Å². The van der Waals surface area contributed by atoms with Crippen LogP contribution in [0.5, 0.6) is 5.75 Å². The normalized spacial score (nSPS) is 20.2. The maximum atomic E-state index is 13.9. The van der Waals surface area contributed by atoms with E-state index >= 15 is 0 Å². The summed E-state index contributed by atoms with van der Waals surface area (Å²) in [6, 6.07) is 27.2. The number of para-hydroxylation sites is 1. The minimum atomic E-state index is -1.12. The molecule has 5 N–H and O–H groups in total. The SMILES string of the molecule is O=C1[C@@H]2[C@@H](CC(CO)=C([C@H](O)CC/C(=C/c3cc(Br)ccc3O)c3ccccn3)[C@@H]2CO)C(=O)N1c1ccc(Nc2ccccc2)cc1. The van der Waals surface area contributed by atoms with Crippen molar-refractivity contribution >= 4 is 56.5 Å². The van der Waals surface area contributed by atoms with Crippen molar-refractivity contribution in [3.8, 4) is 5.75 Å². The quantitative estimate of drug-likeness (QED) is 0.0932. The molecule has 6 rings (SSSR count). The van der Waals surface area contributed by atoms with Crippen LogP contribution in [0.1, 0.15) is 30.5 Å². The number of nitrogens with zero attached hydrogens (tertiary/aromatic N) is 2. The van der Waals surface area contributed by atoms with Gasteiger partial charge in [-0.3, -0.25) is 19.5 Å². The van der Waals surface area contributed by atoms with Gasteiger partial charge in [-0.1, -0.05) is 40.2 Å². The van der Waals surface area contributed by atoms with Gasteiger partial charge in [0.2, 0.25) is 11.8 Å². The molecule has 4 aromatic rings. The van der Waals surface area contributed by atoms with Crippen molar-refractivity contribution in [1.29, 1.82) is 0 Å². The van der Waals surface area contributed by atoms with Gasteiger partial charge in [-0.2, -0.15) is 0 Å². The van der Waals surface area contributed by atoms with Gasteiger partial charge in [-0.05, 0) is 109 Å². The Kier molecular flexibility index (Phi) is 10.2. The minimum absolute atomic E-state index is 0.0900. The van der Waals surface area contributed by atoms with E-state index in [4.69, 9.17) is 0 Å². The second-order valence-corrected chi connectivity index (χ2v) is 13.0. The first kappa shape index (κ1) is 33.3. The second-order valence-electron chi connectivity index (χ2n) is 12.0. The molecule has 0 radical (unpaired) electrons. The molecular weight excluding hydrogens is 674 g/mol. The monoisotopic (exact) mass is 709 g/mol. The summed E-state index contributed by atoms with van der Waals surface area (Å²) in [7, 11) is 0. The summed E-state index contributed by atoms with van der Waals surface area (Å²) in [6.45, 7) is -0.888. The summed E-state index contributed by atoms with van der Waals surface area (Å²) < 4.78 is 0.789. The topological polar surface area (TPSA) is 143 Å². The predicted octanol–water partition coefficient (Wildman–Crippen LogP) is 6.08. The maximum Gasteiger partial charge on any atom is 0.238 e. The van der Waals surface area contributed by atoms with E-state index in [1.54, 1.807) is 54.7 Å². The van der Waals surface area contributed by atoms with Gasteiger partial charge in [0.25, 0.3) is 0 Å². The van der Waals surface area contributed by atoms with Crippen LogP contribution in [0.4, 0.5) is 17.1 Å². The lowest BCUT2D eigenvalue weighted by Crippen LogP contribution is -2.39. The van der Waals surface area contributed by atoms with Crippen molar-refractivity contribution in [3.63, 3.8) is 0 Å². The second kappa shape index (κ2) is 14.7. The third-order valence-electron chi connectivity index (χ3n) is 9.12. The molecule has 2 heterocycles. The van der Waals surface area contributed by atoms with Crippen molar-refractivity contribution in [1.82, 2.24) is 4.98 Å². The molecule has 1 aromatic heterocycles. The average Bonchev–Trinajstić information content (AvgIpc) is 3.36. The molecule has 1 saturated heterocycles. The van der Waals surface area contributed by atoms with Gasteiger partial charge in [-0.25, -0.2) is 0 Å². The lowest BCUT2D eigenvalue weighted by atomic mass is 9.68. The van der Waals surface area contributed by atoms with E-state index in [2.05, 4.69) is 26.2 Å². The fraction of sp³-hybridized carbons (Fsp3) is 0.237. The van der Waals surface area contributed by atoms with E-state index in [0.29, 0.717) is 34.5 Å². The first-order valence-corrected chi connectivity index (χ1v) is 16.6. The molecule has 0 spiro atoms. The number of carbonyl (C=O) groups excluding carboxylic acids is 2. The molecule has 3 aromatic carbocycles. The van der Waals surface area contributed by atoms with Crippen molar-refractivity contribution < 1.29 is 30.0 Å². The summed E-state index contributed by atoms with van der Waals surface area (Å²) in [6.07, 6.45) is 2.99. The fourth-order valence-electron chi connectivity index (χ4n) is 6.85. The number of anilines is 3. The number of aliphatic hydroxyl groups is 3. The molecule has 4 atom stereocenters. The molecule has 48 heavy (non-hydrogen) atoms. The number of amides is 2. The molecule has 10 heteroatoms. The van der Waals surface area contributed by atoms with Crippen LogP contribution in [0, 0.1) is 17.8 Å². The summed E-state index contributed by atoms with van der Waals surface area (Å²) in [5.74, 6) is -3.23. The summed E-state index contributed by atoms with van der Waals surface area (Å²) >= 11 is 3.44. The number of nitrogens with one attached hydrogen (secondary N) is 1. The van der Waals surface area contributed by atoms with Crippen molar-refractivity contribution in [2.45, 2.75) is 25.4 Å². The minimum Gasteiger partial charge on any atom is -0.507 e. The molecule has 0 bridgehead atoms. The molecular formula is C38H36BrN3O6. The Labute approximate surface area is 287 Å². The molecule has 1 fully saturated rings. The number of aliphatic hydroxyl groups excluding tert-OH is 3. The van der Waals surface area contributed by atoms with Gasteiger partial charge in [0.15, 0.2) is 0 Å². The van der Waals surface area contributed by atoms with Crippen LogP contribution < -0.4 is 10.2 Å². The number of pyridine rings is 1. The zero-order chi connectivity index (χ0) is 33.8. The van der Waals surface area contributed by atoms with Crippen LogP contribution in [0.15, 0.2) is 113 Å². The number of allylic oxidation sites excluding steroid dienone is 1. The molecule has 9 nitrogen and oxygen atoms in total. The van der Waals surface area contributed by atoms with E-state index in [1.807, 2.05) is 48.5 Å². The van der Waals surface area contributed by atoms with Gasteiger partial charge in [-0.15, -0.1) is 0 Å². The van der Waals surface area contributed by atoms with Crippen molar-refractivity contribution in [2.24, 2.45) is 17.8 Å². The molecule has 2 amide bonds. The van der Waals surface area contributed by atoms with Gasteiger partial charge in [0, 0.05) is 33.5 Å². The first-order chi connectivity index (χ1) is 23.3. The number of phenols is 1. The Morgan fingerprint density at radius 1 is 0.958 bits per heavy atom. The zero-order valence-corrected chi connectivity index (χ0v) is 27.6. The Morgan fingerprint density at radius 3 is 2.38 bits per heavy atom. The van der Waals surface area contributed by atoms with Gasteiger partial charge in [0.05, 0.1) is 42.5 Å². The van der Waals surface area contributed by atoms with Crippen LogP contribution in [0.3, 0.4) is 0 Å². The lowest BCUT2D eigenvalue weighted by molar-refractivity contribution is -0.123. The third-order valence-corrected chi connectivity index (χ3v) is 9.61. The molecule has 1 aliphatic carbocycles. The third kappa shape index (κ3) is 6.84. The summed E-state index contributed by atoms with van der Waals surface area (Å²) in [4.78, 5) is 33.3. The number of fused-ring (bicyclic) bond motifs is 1. The number of benzene rings is 3. The van der Waals surface area contributed by atoms with Crippen LogP contribution >= 0.6 is 15.9 Å². The zero-order valence-electron chi connectivity index (χ0n) is 26.0. The Hall–Kier alpha value is -4.61. The number of hydrogen-bond acceptors (Lipinski definition) is 8. The summed E-state index contributed by atoms with van der Waals surface area (Å²) in [5, 5.41) is 46.5. The largest absolute Gasteiger partial charge is 0.507 e. The maximum absolute atomic E-state index is 13.9. The molecule has 0 saturated carbocycles. The number of phenolic OH excluding ortho intramolecular Hbond substituents is 1. The van der Waals surface area contributed by atoms with E-state index in [0.717, 1.165) is 21.4 Å². The lowest BCUT2D eigenvalue weighted by Gasteiger charge is -2.36. The van der Waals surface area contributed by atoms with Crippen LogP contribution in [-0.2, 0) is 9.59 Å². The predicted molar refractivity (Wildman–Crippen MR) is 188 cm³/mol. The molecule has 1 aliphatic heterocycles. The highest BCUT2D eigenvalue weighted by atomic mass is 79.9. The Balaban J connectivity index is 1.24. The van der Waals surface area contributed by atoms with Crippen molar-refractivity contribution in [3.05, 3.63) is 124 Å². The number of aromatic hydroxyl groups is 1. The standard InChI is InChI=1S/C38H36BrN3O6/c39-26-10-16-33(45)24(19-26)18-23(32-8-4-5-17-40-32)9-15-34(46)35-25(21-43)20-30-36(31(35)22-44)38(48)42(37(30)47)29-13-11-28(12-14-29)41-27-6-2-1-3-7-27/h1-8,10-14,16-19,30-31,34,36,41,43-46H,9,15,20-22H2/b23-18-/t30-,31+,34-,36-/m1/s1. The number of aromatic nitrogens is 1. The Morgan fingerprint density at radius 2 is 1.69 bits per heavy atom. The highest BCUT2D eigenvalue weighted by molar-refractivity contribution is 9.10. The molecule has 246 valence electrons. The smallest absolute Gasteiger partial charge is 0.238 e. The van der Waals surface area contributed by atoms with E-state index in [1.165, 1.54) is 4.90 Å². The van der Waals surface area contributed by atoms with E-state index < -0.39 is 43.0 Å². The van der Waals surface area contributed by atoms with Crippen LogP contribution in [0.25, 0.3) is 11.6 Å². The van der Waals surface area contributed by atoms with Gasteiger partial charge < -0.3 is 25.7 Å². The Bertz CT molecular complexity index is 1850. The van der Waals surface area contributed by atoms with Crippen LogP contribution in [0.2, 0.25) is 0 Å². The highest BCUT2D eigenvalue weighted by Gasteiger charge is 2.55. The first-order valence-electron chi connectivity index (χ1n) is 15.8. The fourth-order valence-corrected chi connectivity index (χ4v) is 7.22. The summed E-state index contributed by atoms with van der Waals surface area (Å²) in [5.41, 5.74) is 4.97. The highest BCUT2D eigenvalue weighted by Crippen LogP contribution is 2.47. The number of rotatable bonds is 11.